The van der Waals surface area contributed by atoms with Crippen molar-refractivity contribution in [3.63, 3.8) is 0 Å². The van der Waals surface area contributed by atoms with Crippen LogP contribution in [0.25, 0.3) is 21.5 Å². The smallest absolute Gasteiger partial charge is 0.328 e. The average Bonchev–Trinajstić information content (AvgIpc) is 3.01. The van der Waals surface area contributed by atoms with Crippen LogP contribution in [0, 0.1) is 0 Å². The zero-order valence-electron chi connectivity index (χ0n) is 24.7. The molecule has 0 saturated heterocycles. The van der Waals surface area contributed by atoms with E-state index in [1.807, 2.05) is 0 Å². The summed E-state index contributed by atoms with van der Waals surface area (Å²) in [5.74, 6) is -0.375. The highest BCUT2D eigenvalue weighted by Gasteiger charge is 2.20. The Labute approximate surface area is 292 Å². The second kappa shape index (κ2) is 12.6. The third-order valence-electron chi connectivity index (χ3n) is 7.08. The number of fused-ring (bicyclic) bond motifs is 2. The maximum Gasteiger partial charge on any atom is 0.328 e. The first kappa shape index (κ1) is 34.2. The molecular formula is C28H19Cl3N8O8S2. The summed E-state index contributed by atoms with van der Waals surface area (Å²) in [4.78, 5) is 26.2. The van der Waals surface area contributed by atoms with E-state index >= 15 is 0 Å². The summed E-state index contributed by atoms with van der Waals surface area (Å²) in [6.45, 7) is 0. The molecule has 0 atom stereocenters. The number of hydrogen-bond acceptors (Lipinski definition) is 14. The largest absolute Gasteiger partial charge is 0.507 e. The lowest BCUT2D eigenvalue weighted by Gasteiger charge is -2.19. The van der Waals surface area contributed by atoms with Gasteiger partial charge in [0.15, 0.2) is 0 Å². The molecule has 0 fully saturated rings. The Morgan fingerprint density at radius 1 is 0.612 bits per heavy atom. The van der Waals surface area contributed by atoms with Gasteiger partial charge in [-0.05, 0) is 94.1 Å². The second-order valence-corrected chi connectivity index (χ2v) is 14.1. The molecule has 2 aromatic heterocycles. The standard InChI is InChI=1S/C28H19Cl3N8O8S2/c1-38(26-33-23(29)32-24(30)34-26)16-4-6-20-14(8-16)10-18(49(44,45)46)12-22(20)47-28-36-25(31)35-27(37-28)39(2)15-3-5-19-13(7-15)9-17(11-21(19)40)48(41,42)43/h3-12,40H,1-2H3,(H,41,42,43)(H,44,45,46). The Bertz CT molecular complexity index is 2530. The summed E-state index contributed by atoms with van der Waals surface area (Å²) in [6, 6.07) is 13.5. The third kappa shape index (κ3) is 7.20. The molecule has 16 nitrogen and oxygen atoms in total. The van der Waals surface area contributed by atoms with Crippen molar-refractivity contribution < 1.29 is 35.8 Å². The van der Waals surface area contributed by atoms with Crippen LogP contribution in [0.2, 0.25) is 15.9 Å². The maximum atomic E-state index is 12.2. The molecular weight excluding hydrogens is 747 g/mol. The van der Waals surface area contributed by atoms with Crippen LogP contribution in [-0.4, -0.2) is 75.0 Å². The Kier molecular flexibility index (Phi) is 8.82. The molecule has 2 heterocycles. The fourth-order valence-electron chi connectivity index (χ4n) is 4.72. The number of phenolic OH excluding ortho intramolecular Hbond substituents is 1. The first-order chi connectivity index (χ1) is 23.0. The molecule has 4 aromatic carbocycles. The minimum atomic E-state index is -4.72. The Balaban J connectivity index is 1.39. The van der Waals surface area contributed by atoms with Crippen LogP contribution >= 0.6 is 34.8 Å². The number of phenols is 1. The molecule has 0 unspecified atom stereocenters. The van der Waals surface area contributed by atoms with Crippen molar-refractivity contribution >= 4 is 99.9 Å². The minimum absolute atomic E-state index is 0.0432. The van der Waals surface area contributed by atoms with Gasteiger partial charge in [-0.25, -0.2) is 0 Å². The zero-order chi connectivity index (χ0) is 35.4. The fourth-order valence-corrected chi connectivity index (χ4v) is 6.29. The Hall–Kier alpha value is -4.69. The monoisotopic (exact) mass is 764 g/mol. The number of anilines is 4. The number of aromatic hydroxyl groups is 1. The van der Waals surface area contributed by atoms with Crippen molar-refractivity contribution in [1.29, 1.82) is 0 Å². The summed E-state index contributed by atoms with van der Waals surface area (Å²) in [7, 11) is -6.16. The van der Waals surface area contributed by atoms with Gasteiger partial charge in [0.1, 0.15) is 11.5 Å². The highest BCUT2D eigenvalue weighted by Crippen LogP contribution is 2.37. The van der Waals surface area contributed by atoms with Crippen LogP contribution in [0.1, 0.15) is 0 Å². The van der Waals surface area contributed by atoms with Crippen LogP contribution in [0.3, 0.4) is 0 Å². The predicted octanol–water partition coefficient (Wildman–Crippen LogP) is 5.85. The van der Waals surface area contributed by atoms with Crippen LogP contribution in [-0.2, 0) is 20.2 Å². The summed E-state index contributed by atoms with van der Waals surface area (Å²) in [6.07, 6.45) is 0. The lowest BCUT2D eigenvalue weighted by molar-refractivity contribution is 0.441. The van der Waals surface area contributed by atoms with E-state index in [0.717, 1.165) is 12.1 Å². The number of aromatic nitrogens is 6. The molecule has 0 amide bonds. The van der Waals surface area contributed by atoms with Crippen LogP contribution in [0.15, 0.2) is 70.5 Å². The summed E-state index contributed by atoms with van der Waals surface area (Å²) >= 11 is 18.1. The molecule has 0 aliphatic heterocycles. The highest BCUT2D eigenvalue weighted by molar-refractivity contribution is 7.86. The van der Waals surface area contributed by atoms with E-state index < -0.39 is 30.0 Å². The number of benzene rings is 4. The van der Waals surface area contributed by atoms with Crippen LogP contribution in [0.4, 0.5) is 23.3 Å². The Morgan fingerprint density at radius 2 is 1.08 bits per heavy atom. The SMILES string of the molecule is CN(c1ccc2c(Oc3nc(Cl)nc(N(C)c4ccc5c(O)cc(S(=O)(=O)O)cc5c4)n3)cc(S(=O)(=O)O)cc2c1)c1nc(Cl)nc(Cl)n1. The number of ether oxygens (including phenoxy) is 1. The van der Waals surface area contributed by atoms with Crippen LogP contribution in [0.5, 0.6) is 17.5 Å². The molecule has 252 valence electrons. The van der Waals surface area contributed by atoms with E-state index in [1.165, 1.54) is 34.1 Å². The van der Waals surface area contributed by atoms with E-state index in [0.29, 0.717) is 27.5 Å². The molecule has 0 aliphatic rings. The summed E-state index contributed by atoms with van der Waals surface area (Å²) < 4.78 is 73.2. The highest BCUT2D eigenvalue weighted by atomic mass is 35.5. The summed E-state index contributed by atoms with van der Waals surface area (Å²) in [5, 5.41) is 11.0. The Morgan fingerprint density at radius 3 is 1.63 bits per heavy atom. The molecule has 0 radical (unpaired) electrons. The molecule has 49 heavy (non-hydrogen) atoms. The first-order valence-electron chi connectivity index (χ1n) is 13.4. The predicted molar refractivity (Wildman–Crippen MR) is 180 cm³/mol. The van der Waals surface area contributed by atoms with Gasteiger partial charge in [0.05, 0.1) is 9.79 Å². The van der Waals surface area contributed by atoms with Crippen molar-refractivity contribution in [1.82, 2.24) is 29.9 Å². The number of hydrogen-bond donors (Lipinski definition) is 3. The van der Waals surface area contributed by atoms with Crippen LogP contribution < -0.4 is 14.5 Å². The van der Waals surface area contributed by atoms with Crippen molar-refractivity contribution in [2.75, 3.05) is 23.9 Å². The molecule has 6 aromatic rings. The molecule has 3 N–H and O–H groups in total. The molecule has 6 rings (SSSR count). The zero-order valence-corrected chi connectivity index (χ0v) is 28.6. The van der Waals surface area contributed by atoms with Gasteiger partial charge < -0.3 is 19.6 Å². The van der Waals surface area contributed by atoms with Crippen molar-refractivity contribution in [3.8, 4) is 17.5 Å². The van der Waals surface area contributed by atoms with Gasteiger partial charge in [-0.3, -0.25) is 9.11 Å². The summed E-state index contributed by atoms with van der Waals surface area (Å²) in [5.41, 5.74) is 0.882. The first-order valence-corrected chi connectivity index (χ1v) is 17.4. The molecule has 0 spiro atoms. The van der Waals surface area contributed by atoms with Crippen molar-refractivity contribution in [3.05, 3.63) is 76.5 Å². The number of nitrogens with zero attached hydrogens (tertiary/aromatic N) is 8. The minimum Gasteiger partial charge on any atom is -0.507 e. The van der Waals surface area contributed by atoms with Gasteiger partial charge in [0, 0.05) is 48.4 Å². The van der Waals surface area contributed by atoms with Gasteiger partial charge in [-0.15, -0.1) is 0 Å². The normalized spacial score (nSPS) is 12.0. The van der Waals surface area contributed by atoms with Gasteiger partial charge in [-0.2, -0.15) is 46.7 Å². The number of halogens is 3. The molecule has 0 aliphatic carbocycles. The molecule has 0 bridgehead atoms. The van der Waals surface area contributed by atoms with Crippen molar-refractivity contribution in [2.45, 2.75) is 9.79 Å². The van der Waals surface area contributed by atoms with E-state index in [2.05, 4.69) is 29.9 Å². The molecule has 0 saturated carbocycles. The van der Waals surface area contributed by atoms with Gasteiger partial charge in [0.2, 0.25) is 27.7 Å². The van der Waals surface area contributed by atoms with Crippen molar-refractivity contribution in [2.24, 2.45) is 0 Å². The lowest BCUT2D eigenvalue weighted by Crippen LogP contribution is -2.14. The van der Waals surface area contributed by atoms with E-state index in [9.17, 15) is 31.0 Å². The topological polar surface area (TPSA) is 222 Å². The second-order valence-electron chi connectivity index (χ2n) is 10.2. The quantitative estimate of drug-likeness (QED) is 0.155. The maximum absolute atomic E-state index is 12.2. The van der Waals surface area contributed by atoms with E-state index in [4.69, 9.17) is 39.5 Å². The fraction of sp³-hybridized carbons (Fsp3) is 0.0714. The van der Waals surface area contributed by atoms with E-state index in [-0.39, 0.29) is 50.6 Å². The van der Waals surface area contributed by atoms with Gasteiger partial charge in [-0.1, -0.05) is 0 Å². The average molecular weight is 766 g/mol. The van der Waals surface area contributed by atoms with Gasteiger partial charge in [0.25, 0.3) is 20.2 Å². The van der Waals surface area contributed by atoms with E-state index in [1.54, 1.807) is 38.4 Å². The number of rotatable bonds is 8. The molecule has 21 heteroatoms. The van der Waals surface area contributed by atoms with Gasteiger partial charge >= 0.3 is 6.01 Å². The lowest BCUT2D eigenvalue weighted by atomic mass is 10.1. The third-order valence-corrected chi connectivity index (χ3v) is 9.25.